The normalized spacial score (nSPS) is 11.2. The molecule has 18 heavy (non-hydrogen) atoms. The Balaban J connectivity index is 2.37. The van der Waals surface area contributed by atoms with E-state index in [-0.39, 0.29) is 10.6 Å². The van der Waals surface area contributed by atoms with Crippen LogP contribution in [0.4, 0.5) is 11.4 Å². The van der Waals surface area contributed by atoms with E-state index in [0.29, 0.717) is 5.69 Å². The minimum atomic E-state index is -3.68. The zero-order valence-electron chi connectivity index (χ0n) is 9.17. The number of nitrogen functional groups attached to an aromatic ring is 1. The second-order valence-corrected chi connectivity index (χ2v) is 6.09. The predicted molar refractivity (Wildman–Crippen MR) is 73.6 cm³/mol. The predicted octanol–water partition coefficient (Wildman–Crippen LogP) is 2.23. The van der Waals surface area contributed by atoms with Crippen molar-refractivity contribution >= 4 is 37.3 Å². The molecule has 0 saturated carbocycles. The summed E-state index contributed by atoms with van der Waals surface area (Å²) in [6.45, 7) is 0. The Hall–Kier alpha value is -1.60. The molecule has 3 N–H and O–H groups in total. The quantitative estimate of drug-likeness (QED) is 0.846. The summed E-state index contributed by atoms with van der Waals surface area (Å²) in [5.41, 5.74) is 6.32. The maximum absolute atomic E-state index is 12.1. The van der Waals surface area contributed by atoms with Gasteiger partial charge >= 0.3 is 0 Å². The summed E-state index contributed by atoms with van der Waals surface area (Å²) in [4.78, 5) is 3.86. The number of nitrogens with one attached hydrogen (secondary N) is 1. The van der Waals surface area contributed by atoms with E-state index in [1.165, 1.54) is 18.5 Å². The highest BCUT2D eigenvalue weighted by atomic mass is 79.9. The van der Waals surface area contributed by atoms with Crippen molar-refractivity contribution in [3.63, 3.8) is 0 Å². The number of anilines is 2. The van der Waals surface area contributed by atoms with Crippen LogP contribution in [0.2, 0.25) is 0 Å². The van der Waals surface area contributed by atoms with E-state index >= 15 is 0 Å². The molecule has 0 aliphatic carbocycles. The highest BCUT2D eigenvalue weighted by Crippen LogP contribution is 2.24. The van der Waals surface area contributed by atoms with Gasteiger partial charge in [0.2, 0.25) is 0 Å². The average Bonchev–Trinajstić information content (AvgIpc) is 2.29. The fourth-order valence-corrected chi connectivity index (χ4v) is 2.95. The van der Waals surface area contributed by atoms with E-state index in [1.807, 2.05) is 0 Å². The zero-order chi connectivity index (χ0) is 13.2. The number of nitrogens with zero attached hydrogens (tertiary/aromatic N) is 1. The molecule has 2 aromatic rings. The highest BCUT2D eigenvalue weighted by molar-refractivity contribution is 9.10. The summed E-state index contributed by atoms with van der Waals surface area (Å²) in [6.07, 6.45) is 3.01. The van der Waals surface area contributed by atoms with Gasteiger partial charge in [-0.1, -0.05) is 15.9 Å². The number of halogens is 1. The van der Waals surface area contributed by atoms with Crippen molar-refractivity contribution in [3.05, 3.63) is 47.2 Å². The molecular formula is C11H10BrN3O2S. The lowest BCUT2D eigenvalue weighted by atomic mass is 10.3. The van der Waals surface area contributed by atoms with Crippen LogP contribution in [0.15, 0.2) is 52.1 Å². The topological polar surface area (TPSA) is 85.1 Å². The van der Waals surface area contributed by atoms with E-state index in [9.17, 15) is 8.42 Å². The first kappa shape index (κ1) is 12.8. The van der Waals surface area contributed by atoms with Gasteiger partial charge in [-0.2, -0.15) is 0 Å². The fourth-order valence-electron chi connectivity index (χ4n) is 1.39. The minimum absolute atomic E-state index is 0.0440. The van der Waals surface area contributed by atoms with Gasteiger partial charge in [-0.15, -0.1) is 0 Å². The minimum Gasteiger partial charge on any atom is -0.398 e. The van der Waals surface area contributed by atoms with Crippen LogP contribution < -0.4 is 10.5 Å². The Kier molecular flexibility index (Phi) is 3.53. The molecule has 94 valence electrons. The molecule has 5 nitrogen and oxygen atoms in total. The lowest BCUT2D eigenvalue weighted by Gasteiger charge is -2.10. The number of pyridine rings is 1. The van der Waals surface area contributed by atoms with Gasteiger partial charge in [0.05, 0.1) is 11.4 Å². The molecule has 0 radical (unpaired) electrons. The van der Waals surface area contributed by atoms with Crippen LogP contribution in [0.1, 0.15) is 0 Å². The van der Waals surface area contributed by atoms with Gasteiger partial charge in [0.1, 0.15) is 4.90 Å². The lowest BCUT2D eigenvalue weighted by molar-refractivity contribution is 0.601. The van der Waals surface area contributed by atoms with Gasteiger partial charge in [0, 0.05) is 16.9 Å². The molecule has 0 unspecified atom stereocenters. The highest BCUT2D eigenvalue weighted by Gasteiger charge is 2.17. The fraction of sp³-hybridized carbons (Fsp3) is 0. The van der Waals surface area contributed by atoms with Crippen molar-refractivity contribution in [3.8, 4) is 0 Å². The van der Waals surface area contributed by atoms with E-state index in [0.717, 1.165) is 4.47 Å². The van der Waals surface area contributed by atoms with Crippen molar-refractivity contribution in [2.45, 2.75) is 4.90 Å². The van der Waals surface area contributed by atoms with E-state index in [4.69, 9.17) is 5.73 Å². The summed E-state index contributed by atoms with van der Waals surface area (Å²) in [6, 6.07) is 7.74. The first-order valence-corrected chi connectivity index (χ1v) is 7.24. The maximum atomic E-state index is 12.1. The SMILES string of the molecule is Nc1cc(Br)ccc1S(=O)(=O)Nc1ccncc1. The van der Waals surface area contributed by atoms with E-state index < -0.39 is 10.0 Å². The smallest absolute Gasteiger partial charge is 0.263 e. The molecule has 0 bridgehead atoms. The van der Waals surface area contributed by atoms with Crippen molar-refractivity contribution in [2.75, 3.05) is 10.5 Å². The molecule has 0 amide bonds. The number of aromatic nitrogens is 1. The van der Waals surface area contributed by atoms with Gasteiger partial charge in [-0.3, -0.25) is 9.71 Å². The summed E-state index contributed by atoms with van der Waals surface area (Å²) >= 11 is 3.23. The Morgan fingerprint density at radius 3 is 2.44 bits per heavy atom. The number of sulfonamides is 1. The van der Waals surface area contributed by atoms with Crippen molar-refractivity contribution in [1.82, 2.24) is 4.98 Å². The summed E-state index contributed by atoms with van der Waals surface area (Å²) in [7, 11) is -3.68. The Bertz CT molecular complexity index is 659. The van der Waals surface area contributed by atoms with Crippen LogP contribution in [-0.4, -0.2) is 13.4 Å². The molecule has 0 aliphatic heterocycles. The summed E-state index contributed by atoms with van der Waals surface area (Å²) in [5.74, 6) is 0. The average molecular weight is 328 g/mol. The third kappa shape index (κ3) is 2.80. The van der Waals surface area contributed by atoms with Crippen molar-refractivity contribution in [2.24, 2.45) is 0 Å². The third-order valence-corrected chi connectivity index (χ3v) is 4.14. The van der Waals surface area contributed by atoms with E-state index in [2.05, 4.69) is 25.6 Å². The largest absolute Gasteiger partial charge is 0.398 e. The molecule has 0 fully saturated rings. The first-order chi connectivity index (χ1) is 8.49. The Labute approximate surface area is 113 Å². The molecule has 0 aliphatic rings. The summed E-state index contributed by atoms with van der Waals surface area (Å²) in [5, 5.41) is 0. The van der Waals surface area contributed by atoms with Gasteiger partial charge in [0.15, 0.2) is 0 Å². The molecular weight excluding hydrogens is 318 g/mol. The number of benzene rings is 1. The van der Waals surface area contributed by atoms with Gasteiger partial charge in [-0.25, -0.2) is 8.42 Å². The molecule has 0 spiro atoms. The molecule has 1 heterocycles. The molecule has 0 atom stereocenters. The Morgan fingerprint density at radius 2 is 1.83 bits per heavy atom. The van der Waals surface area contributed by atoms with Crippen LogP contribution in [0.3, 0.4) is 0 Å². The van der Waals surface area contributed by atoms with Gasteiger partial charge in [-0.05, 0) is 30.3 Å². The van der Waals surface area contributed by atoms with Crippen LogP contribution in [-0.2, 0) is 10.0 Å². The number of nitrogens with two attached hydrogens (primary N) is 1. The molecule has 1 aromatic carbocycles. The number of hydrogen-bond donors (Lipinski definition) is 2. The molecule has 7 heteroatoms. The van der Waals surface area contributed by atoms with Crippen LogP contribution in [0.25, 0.3) is 0 Å². The molecule has 2 rings (SSSR count). The molecule has 0 saturated heterocycles. The second-order valence-electron chi connectivity index (χ2n) is 3.52. The third-order valence-electron chi connectivity index (χ3n) is 2.19. The van der Waals surface area contributed by atoms with Gasteiger partial charge < -0.3 is 5.73 Å². The zero-order valence-corrected chi connectivity index (χ0v) is 11.6. The van der Waals surface area contributed by atoms with Crippen LogP contribution in [0.5, 0.6) is 0 Å². The van der Waals surface area contributed by atoms with Crippen LogP contribution >= 0.6 is 15.9 Å². The summed E-state index contributed by atoms with van der Waals surface area (Å²) < 4.78 is 27.4. The van der Waals surface area contributed by atoms with Crippen molar-refractivity contribution < 1.29 is 8.42 Å². The monoisotopic (exact) mass is 327 g/mol. The maximum Gasteiger partial charge on any atom is 0.263 e. The number of rotatable bonds is 3. The molecule has 1 aromatic heterocycles. The number of hydrogen-bond acceptors (Lipinski definition) is 4. The van der Waals surface area contributed by atoms with E-state index in [1.54, 1.807) is 24.3 Å². The second kappa shape index (κ2) is 4.95. The van der Waals surface area contributed by atoms with Crippen LogP contribution in [0, 0.1) is 0 Å². The lowest BCUT2D eigenvalue weighted by Crippen LogP contribution is -2.14. The Morgan fingerprint density at radius 1 is 1.17 bits per heavy atom. The van der Waals surface area contributed by atoms with Gasteiger partial charge in [0.25, 0.3) is 10.0 Å². The van der Waals surface area contributed by atoms with Crippen molar-refractivity contribution in [1.29, 1.82) is 0 Å². The first-order valence-electron chi connectivity index (χ1n) is 4.97. The standard InChI is InChI=1S/C11H10BrN3O2S/c12-8-1-2-11(10(13)7-8)18(16,17)15-9-3-5-14-6-4-9/h1-7H,13H2,(H,14,15).